The number of amides is 1. The summed E-state index contributed by atoms with van der Waals surface area (Å²) >= 11 is 1.50. The van der Waals surface area contributed by atoms with Crippen molar-refractivity contribution in [1.82, 2.24) is 31.1 Å². The quantitative estimate of drug-likeness (QED) is 0.213. The molecule has 0 radical (unpaired) electrons. The molecule has 39 heavy (non-hydrogen) atoms. The fraction of sp³-hybridized carbons (Fsp3) is 0.379. The smallest absolute Gasteiger partial charge is 0.224 e. The number of imidazole rings is 1. The highest BCUT2D eigenvalue weighted by Gasteiger charge is 2.42. The van der Waals surface area contributed by atoms with E-state index in [1.165, 1.54) is 11.3 Å². The fourth-order valence-electron chi connectivity index (χ4n) is 5.66. The predicted octanol–water partition coefficient (Wildman–Crippen LogP) is 4.74. The summed E-state index contributed by atoms with van der Waals surface area (Å²) in [4.78, 5) is 38.9. The number of hydrogen-bond acceptors (Lipinski definition) is 8. The summed E-state index contributed by atoms with van der Waals surface area (Å²) in [6.45, 7) is 6.47. The first kappa shape index (κ1) is 25.8. The van der Waals surface area contributed by atoms with Crippen LogP contribution in [0.5, 0.6) is 0 Å². The van der Waals surface area contributed by atoms with E-state index in [-0.39, 0.29) is 29.8 Å². The van der Waals surface area contributed by atoms with Gasteiger partial charge in [-0.1, -0.05) is 26.0 Å². The Kier molecular flexibility index (Phi) is 7.03. The minimum absolute atomic E-state index is 0.00851. The van der Waals surface area contributed by atoms with Crippen LogP contribution in [0.2, 0.25) is 0 Å². The number of hydrogen-bond donors (Lipinski definition) is 5. The van der Waals surface area contributed by atoms with Crippen molar-refractivity contribution in [3.63, 3.8) is 0 Å². The van der Waals surface area contributed by atoms with Gasteiger partial charge in [-0.05, 0) is 49.1 Å². The number of H-pyrrole nitrogens is 1. The molecule has 1 aromatic carbocycles. The first-order chi connectivity index (χ1) is 18.9. The van der Waals surface area contributed by atoms with Crippen molar-refractivity contribution in [3.8, 4) is 10.4 Å². The first-order valence-corrected chi connectivity index (χ1v) is 14.3. The van der Waals surface area contributed by atoms with Gasteiger partial charge < -0.3 is 15.6 Å². The summed E-state index contributed by atoms with van der Waals surface area (Å²) in [5.74, 6) is 1.58. The Hall–Kier alpha value is -3.44. The summed E-state index contributed by atoms with van der Waals surface area (Å²) in [7, 11) is 0. The number of benzene rings is 1. The second-order valence-electron chi connectivity index (χ2n) is 10.9. The number of Topliss-reactive ketones (excluding diaryl/α,β-unsaturated/α-hetero) is 1. The van der Waals surface area contributed by atoms with Gasteiger partial charge in [0.25, 0.3) is 0 Å². The topological polar surface area (TPSA) is 124 Å². The Morgan fingerprint density at radius 2 is 2.03 bits per heavy atom. The van der Waals surface area contributed by atoms with Crippen molar-refractivity contribution in [2.45, 2.75) is 51.7 Å². The maximum atomic E-state index is 12.3. The van der Waals surface area contributed by atoms with Crippen LogP contribution in [-0.4, -0.2) is 39.2 Å². The summed E-state index contributed by atoms with van der Waals surface area (Å²) in [5, 5.41) is 6.64. The average Bonchev–Trinajstić information content (AvgIpc) is 3.65. The highest BCUT2D eigenvalue weighted by molar-refractivity contribution is 7.17. The molecule has 2 saturated heterocycles. The van der Waals surface area contributed by atoms with E-state index in [0.29, 0.717) is 18.3 Å². The third-order valence-corrected chi connectivity index (χ3v) is 8.76. The van der Waals surface area contributed by atoms with Crippen molar-refractivity contribution in [1.29, 1.82) is 0 Å². The number of thiophene rings is 1. The molecular formula is C29H33N7O2S. The molecule has 0 saturated carbocycles. The number of pyridine rings is 1. The molecule has 4 aromatic rings. The number of fused-ring (bicyclic) bond motifs is 2. The largest absolute Gasteiger partial charge is 0.341 e. The zero-order valence-corrected chi connectivity index (χ0v) is 23.1. The number of carbonyl (C=O) groups is 2. The summed E-state index contributed by atoms with van der Waals surface area (Å²) in [6, 6.07) is 12.4. The Balaban J connectivity index is 1.23. The number of para-hydroxylation sites is 1. The Labute approximate surface area is 231 Å². The molecule has 10 heteroatoms. The monoisotopic (exact) mass is 543 g/mol. The zero-order valence-electron chi connectivity index (χ0n) is 22.2. The van der Waals surface area contributed by atoms with Crippen LogP contribution >= 0.6 is 11.3 Å². The number of ketones is 1. The fourth-order valence-corrected chi connectivity index (χ4v) is 6.59. The molecule has 5 heterocycles. The summed E-state index contributed by atoms with van der Waals surface area (Å²) in [6.07, 6.45) is 4.95. The normalized spacial score (nSPS) is 22.8. The number of piperidine rings is 1. The van der Waals surface area contributed by atoms with E-state index in [2.05, 4.69) is 37.5 Å². The molecule has 3 aromatic heterocycles. The second kappa shape index (κ2) is 10.6. The Bertz CT molecular complexity index is 1530. The second-order valence-corrected chi connectivity index (χ2v) is 12.0. The molecule has 4 atom stereocenters. The van der Waals surface area contributed by atoms with Crippen molar-refractivity contribution < 1.29 is 9.59 Å². The minimum Gasteiger partial charge on any atom is -0.341 e. The molecule has 202 valence electrons. The molecule has 5 N–H and O–H groups in total. The SMILES string of the molecule is CC(=O)c1ccc(-c2cccc3[nH]c(C4NNC5CNC(c6cncc(NC(=O)CC(C)C)c6)CC54)nc23)s1. The van der Waals surface area contributed by atoms with Crippen LogP contribution in [0.25, 0.3) is 21.5 Å². The molecule has 2 aliphatic heterocycles. The number of carbonyl (C=O) groups excluding carboxylic acids is 2. The van der Waals surface area contributed by atoms with Crippen molar-refractivity contribution in [2.75, 3.05) is 11.9 Å². The molecule has 2 fully saturated rings. The average molecular weight is 544 g/mol. The van der Waals surface area contributed by atoms with E-state index >= 15 is 0 Å². The zero-order chi connectivity index (χ0) is 27.1. The molecule has 0 bridgehead atoms. The van der Waals surface area contributed by atoms with Crippen molar-refractivity contribution in [2.24, 2.45) is 11.8 Å². The van der Waals surface area contributed by atoms with E-state index in [4.69, 9.17) is 4.98 Å². The number of nitrogens with one attached hydrogen (secondary N) is 5. The number of rotatable bonds is 7. The van der Waals surface area contributed by atoms with Crippen LogP contribution in [0.3, 0.4) is 0 Å². The van der Waals surface area contributed by atoms with E-state index in [1.807, 2.05) is 50.4 Å². The first-order valence-electron chi connectivity index (χ1n) is 13.4. The standard InChI is InChI=1S/C29H33N7O2S/c1-15(2)9-26(38)32-18-10-17(12-30-13-18)22-11-20-23(14-31-22)35-36-28(20)29-33-21-6-4-5-19(27(21)34-29)25-8-7-24(39-25)16(3)37/h4-8,10,12-13,15,20,22-23,28,31,35-36H,9,11,14H2,1-3H3,(H,32,38)(H,33,34). The summed E-state index contributed by atoms with van der Waals surface area (Å²) in [5.41, 5.74) is 11.7. The van der Waals surface area contributed by atoms with Crippen molar-refractivity contribution >= 4 is 39.7 Å². The number of anilines is 1. The van der Waals surface area contributed by atoms with Gasteiger partial charge in [-0.25, -0.2) is 10.4 Å². The lowest BCUT2D eigenvalue weighted by molar-refractivity contribution is -0.116. The highest BCUT2D eigenvalue weighted by atomic mass is 32.1. The van der Waals surface area contributed by atoms with Gasteiger partial charge in [-0.15, -0.1) is 11.3 Å². The molecular weight excluding hydrogens is 510 g/mol. The van der Waals surface area contributed by atoms with Crippen LogP contribution in [0, 0.1) is 11.8 Å². The van der Waals surface area contributed by atoms with E-state index < -0.39 is 0 Å². The van der Waals surface area contributed by atoms with Gasteiger partial charge in [0, 0.05) is 47.6 Å². The van der Waals surface area contributed by atoms with E-state index in [0.717, 1.165) is 56.4 Å². The van der Waals surface area contributed by atoms with Gasteiger partial charge in [0.1, 0.15) is 5.82 Å². The lowest BCUT2D eigenvalue weighted by Gasteiger charge is -2.34. The maximum absolute atomic E-state index is 12.3. The van der Waals surface area contributed by atoms with Crippen LogP contribution in [0.4, 0.5) is 5.69 Å². The van der Waals surface area contributed by atoms with Gasteiger partial charge in [-0.2, -0.15) is 0 Å². The molecule has 1 amide bonds. The number of aromatic nitrogens is 3. The predicted molar refractivity (Wildman–Crippen MR) is 153 cm³/mol. The number of aromatic amines is 1. The molecule has 4 unspecified atom stereocenters. The van der Waals surface area contributed by atoms with Crippen LogP contribution in [-0.2, 0) is 4.79 Å². The lowest BCUT2D eigenvalue weighted by Crippen LogP contribution is -2.46. The summed E-state index contributed by atoms with van der Waals surface area (Å²) < 4.78 is 0. The van der Waals surface area contributed by atoms with Crippen LogP contribution < -0.4 is 21.5 Å². The molecule has 6 rings (SSSR count). The van der Waals surface area contributed by atoms with Crippen molar-refractivity contribution in [3.05, 3.63) is 65.1 Å². The Morgan fingerprint density at radius 3 is 2.82 bits per heavy atom. The molecule has 0 spiro atoms. The lowest BCUT2D eigenvalue weighted by atomic mass is 9.82. The minimum atomic E-state index is 0.00851. The number of nitrogens with zero attached hydrogens (tertiary/aromatic N) is 2. The molecule has 0 aliphatic carbocycles. The Morgan fingerprint density at radius 1 is 1.15 bits per heavy atom. The van der Waals surface area contributed by atoms with Gasteiger partial charge in [0.15, 0.2) is 5.78 Å². The number of hydrazine groups is 1. The van der Waals surface area contributed by atoms with E-state index in [9.17, 15) is 9.59 Å². The van der Waals surface area contributed by atoms with Crippen LogP contribution in [0.1, 0.15) is 66.8 Å². The molecule has 2 aliphatic rings. The third kappa shape index (κ3) is 5.25. The van der Waals surface area contributed by atoms with Gasteiger partial charge in [0.05, 0.1) is 33.8 Å². The maximum Gasteiger partial charge on any atom is 0.224 e. The van der Waals surface area contributed by atoms with Crippen LogP contribution in [0.15, 0.2) is 48.8 Å². The van der Waals surface area contributed by atoms with E-state index in [1.54, 1.807) is 13.1 Å². The van der Waals surface area contributed by atoms with Gasteiger partial charge >= 0.3 is 0 Å². The third-order valence-electron chi connectivity index (χ3n) is 7.54. The van der Waals surface area contributed by atoms with Gasteiger partial charge in [-0.3, -0.25) is 20.0 Å². The van der Waals surface area contributed by atoms with Gasteiger partial charge in [0.2, 0.25) is 5.91 Å². The molecule has 9 nitrogen and oxygen atoms in total. The highest BCUT2D eigenvalue weighted by Crippen LogP contribution is 2.39.